The molecule has 1 amide bonds. The van der Waals surface area contributed by atoms with Crippen molar-refractivity contribution in [1.82, 2.24) is 14.9 Å². The molecule has 3 rings (SSSR count). The largest absolute Gasteiger partial charge is 0.497 e. The van der Waals surface area contributed by atoms with Crippen LogP contribution in [0, 0.1) is 0 Å². The lowest BCUT2D eigenvalue weighted by atomic mass is 10.1. The third kappa shape index (κ3) is 5.73. The molecule has 3 aromatic rings. The van der Waals surface area contributed by atoms with E-state index in [1.807, 2.05) is 60.3 Å². The fourth-order valence-electron chi connectivity index (χ4n) is 3.12. The third-order valence-corrected chi connectivity index (χ3v) is 5.89. The average molecular weight is 442 g/mol. The van der Waals surface area contributed by atoms with Gasteiger partial charge in [-0.3, -0.25) is 4.79 Å². The van der Waals surface area contributed by atoms with Crippen molar-refractivity contribution < 1.29 is 19.0 Å². The second-order valence-electron chi connectivity index (χ2n) is 6.79. The zero-order valence-electron chi connectivity index (χ0n) is 18.2. The van der Waals surface area contributed by atoms with Gasteiger partial charge in [-0.25, -0.2) is 4.98 Å². The molecule has 0 aliphatic heterocycles. The maximum absolute atomic E-state index is 12.3. The number of hydrogen-bond donors (Lipinski definition) is 1. The molecule has 2 aromatic carbocycles. The van der Waals surface area contributed by atoms with Gasteiger partial charge in [0.15, 0.2) is 16.7 Å². The van der Waals surface area contributed by atoms with Crippen LogP contribution in [0.1, 0.15) is 5.56 Å². The normalized spacial score (nSPS) is 10.6. The minimum absolute atomic E-state index is 0.0283. The number of carbonyl (C=O) groups is 1. The van der Waals surface area contributed by atoms with Crippen molar-refractivity contribution in [1.29, 1.82) is 0 Å². The Kier molecular flexibility index (Phi) is 7.83. The summed E-state index contributed by atoms with van der Waals surface area (Å²) in [4.78, 5) is 16.7. The van der Waals surface area contributed by atoms with E-state index in [4.69, 9.17) is 14.2 Å². The van der Waals surface area contributed by atoms with Gasteiger partial charge >= 0.3 is 0 Å². The topological polar surface area (TPSA) is 74.6 Å². The fraction of sp³-hybridized carbons (Fsp3) is 0.304. The zero-order chi connectivity index (χ0) is 22.2. The second-order valence-corrected chi connectivity index (χ2v) is 7.73. The molecule has 0 radical (unpaired) electrons. The summed E-state index contributed by atoms with van der Waals surface area (Å²) in [5.41, 5.74) is 3.10. The summed E-state index contributed by atoms with van der Waals surface area (Å²) in [5.74, 6) is 2.46. The first kappa shape index (κ1) is 22.6. The number of nitrogens with one attached hydrogen (secondary N) is 1. The van der Waals surface area contributed by atoms with Crippen LogP contribution >= 0.6 is 11.8 Å². The molecule has 0 bridgehead atoms. The molecule has 0 atom stereocenters. The van der Waals surface area contributed by atoms with E-state index >= 15 is 0 Å². The Morgan fingerprint density at radius 2 is 1.77 bits per heavy atom. The van der Waals surface area contributed by atoms with Crippen LogP contribution in [-0.2, 0) is 18.3 Å². The number of thioether (sulfide) groups is 1. The Balaban J connectivity index is 1.49. The molecule has 1 N–H and O–H groups in total. The lowest BCUT2D eigenvalue weighted by Crippen LogP contribution is -2.27. The van der Waals surface area contributed by atoms with E-state index < -0.39 is 0 Å². The smallest absolute Gasteiger partial charge is 0.230 e. The number of aromatic nitrogens is 2. The Hall–Kier alpha value is -3.13. The monoisotopic (exact) mass is 441 g/mol. The highest BCUT2D eigenvalue weighted by Gasteiger charge is 2.12. The van der Waals surface area contributed by atoms with Gasteiger partial charge in [0.2, 0.25) is 5.91 Å². The highest BCUT2D eigenvalue weighted by Crippen LogP contribution is 2.28. The van der Waals surface area contributed by atoms with Gasteiger partial charge in [0.25, 0.3) is 0 Å². The van der Waals surface area contributed by atoms with Gasteiger partial charge in [0.1, 0.15) is 5.75 Å². The van der Waals surface area contributed by atoms with E-state index in [0.29, 0.717) is 30.2 Å². The molecule has 0 aliphatic carbocycles. The van der Waals surface area contributed by atoms with Crippen molar-refractivity contribution in [3.8, 4) is 28.5 Å². The van der Waals surface area contributed by atoms with E-state index in [-0.39, 0.29) is 5.91 Å². The number of amides is 1. The van der Waals surface area contributed by atoms with E-state index in [0.717, 1.165) is 27.7 Å². The Bertz CT molecular complexity index is 1020. The molecule has 1 aromatic heterocycles. The minimum Gasteiger partial charge on any atom is -0.497 e. The van der Waals surface area contributed by atoms with E-state index in [1.54, 1.807) is 21.3 Å². The lowest BCUT2D eigenvalue weighted by molar-refractivity contribution is -0.118. The Morgan fingerprint density at radius 1 is 1.03 bits per heavy atom. The van der Waals surface area contributed by atoms with Gasteiger partial charge in [-0.05, 0) is 48.4 Å². The number of benzene rings is 2. The molecular weight excluding hydrogens is 414 g/mol. The zero-order valence-corrected chi connectivity index (χ0v) is 19.0. The second kappa shape index (κ2) is 10.8. The molecule has 0 aliphatic rings. The van der Waals surface area contributed by atoms with Gasteiger partial charge < -0.3 is 24.1 Å². The lowest BCUT2D eigenvalue weighted by Gasteiger charge is -2.10. The number of rotatable bonds is 10. The van der Waals surface area contributed by atoms with Crippen molar-refractivity contribution in [2.45, 2.75) is 11.6 Å². The predicted octanol–water partition coefficient (Wildman–Crippen LogP) is 3.56. The highest BCUT2D eigenvalue weighted by atomic mass is 32.2. The fourth-order valence-corrected chi connectivity index (χ4v) is 3.90. The van der Waals surface area contributed by atoms with Crippen LogP contribution in [0.4, 0.5) is 0 Å². The average Bonchev–Trinajstić information content (AvgIpc) is 3.17. The number of imidazole rings is 1. The summed E-state index contributed by atoms with van der Waals surface area (Å²) in [5, 5.41) is 3.75. The van der Waals surface area contributed by atoms with E-state index in [1.165, 1.54) is 11.8 Å². The number of nitrogens with zero attached hydrogens (tertiary/aromatic N) is 2. The SMILES string of the molecule is COc1ccc(-c2cnc(SCC(=O)NCCc3ccc(OC)c(OC)c3)n2C)cc1. The summed E-state index contributed by atoms with van der Waals surface area (Å²) < 4.78 is 17.8. The van der Waals surface area contributed by atoms with E-state index in [9.17, 15) is 4.79 Å². The standard InChI is InChI=1S/C23H27N3O4S/c1-26-19(17-6-8-18(28-2)9-7-17)14-25-23(26)31-15-22(27)24-12-11-16-5-10-20(29-3)21(13-16)30-4/h5-10,13-14H,11-12,15H2,1-4H3,(H,24,27). The van der Waals surface area contributed by atoms with Crippen LogP contribution < -0.4 is 19.5 Å². The molecule has 7 nitrogen and oxygen atoms in total. The number of hydrogen-bond acceptors (Lipinski definition) is 6. The molecule has 8 heteroatoms. The number of carbonyl (C=O) groups excluding carboxylic acids is 1. The Labute approximate surface area is 186 Å². The summed E-state index contributed by atoms with van der Waals surface area (Å²) >= 11 is 1.41. The van der Waals surface area contributed by atoms with E-state index in [2.05, 4.69) is 10.3 Å². The highest BCUT2D eigenvalue weighted by molar-refractivity contribution is 7.99. The maximum Gasteiger partial charge on any atom is 0.230 e. The summed E-state index contributed by atoms with van der Waals surface area (Å²) in [7, 11) is 6.81. The van der Waals surface area contributed by atoms with Gasteiger partial charge in [0.05, 0.1) is 39.0 Å². The molecule has 0 saturated carbocycles. The maximum atomic E-state index is 12.3. The molecule has 1 heterocycles. The Morgan fingerprint density at radius 3 is 2.45 bits per heavy atom. The van der Waals surface area contributed by atoms with Crippen molar-refractivity contribution in [3.63, 3.8) is 0 Å². The van der Waals surface area contributed by atoms with Crippen LogP contribution in [0.5, 0.6) is 17.2 Å². The van der Waals surface area contributed by atoms with Gasteiger partial charge in [-0.2, -0.15) is 0 Å². The first-order chi connectivity index (χ1) is 15.0. The predicted molar refractivity (Wildman–Crippen MR) is 122 cm³/mol. The van der Waals surface area contributed by atoms with Gasteiger partial charge in [0, 0.05) is 19.2 Å². The van der Waals surface area contributed by atoms with Crippen molar-refractivity contribution in [2.75, 3.05) is 33.6 Å². The van der Waals surface area contributed by atoms with Crippen LogP contribution in [0.3, 0.4) is 0 Å². The summed E-state index contributed by atoms with van der Waals surface area (Å²) in [6.45, 7) is 0.548. The molecule has 0 unspecified atom stereocenters. The first-order valence-electron chi connectivity index (χ1n) is 9.82. The first-order valence-corrected chi connectivity index (χ1v) is 10.8. The summed E-state index contributed by atoms with van der Waals surface area (Å²) in [6.07, 6.45) is 2.53. The van der Waals surface area contributed by atoms with Crippen LogP contribution in [0.15, 0.2) is 53.8 Å². The van der Waals surface area contributed by atoms with Crippen LogP contribution in [0.2, 0.25) is 0 Å². The minimum atomic E-state index is -0.0283. The molecule has 31 heavy (non-hydrogen) atoms. The summed E-state index contributed by atoms with van der Waals surface area (Å²) in [6, 6.07) is 13.6. The van der Waals surface area contributed by atoms with Crippen molar-refractivity contribution >= 4 is 17.7 Å². The van der Waals surface area contributed by atoms with Crippen molar-refractivity contribution in [2.24, 2.45) is 7.05 Å². The molecule has 0 spiro atoms. The van der Waals surface area contributed by atoms with Gasteiger partial charge in [-0.1, -0.05) is 17.8 Å². The number of ether oxygens (including phenoxy) is 3. The quantitative estimate of drug-likeness (QED) is 0.485. The van der Waals surface area contributed by atoms with Crippen LogP contribution in [0.25, 0.3) is 11.3 Å². The number of methoxy groups -OCH3 is 3. The van der Waals surface area contributed by atoms with Crippen molar-refractivity contribution in [3.05, 3.63) is 54.2 Å². The molecular formula is C23H27N3O4S. The van der Waals surface area contributed by atoms with Gasteiger partial charge in [-0.15, -0.1) is 0 Å². The van der Waals surface area contributed by atoms with Crippen LogP contribution in [-0.4, -0.2) is 49.1 Å². The molecule has 164 valence electrons. The third-order valence-electron chi connectivity index (χ3n) is 4.85. The molecule has 0 saturated heterocycles. The molecule has 0 fully saturated rings.